The minimum absolute atomic E-state index is 0.131. The maximum Gasteiger partial charge on any atom is 0.339 e. The number of anilines is 1. The fraction of sp³-hybridized carbons (Fsp3) is 0.421. The number of carbonyl (C=O) groups is 1. The molecule has 2 aromatic rings. The third kappa shape index (κ3) is 4.49. The number of hydrogen-bond donors (Lipinski definition) is 2. The summed E-state index contributed by atoms with van der Waals surface area (Å²) in [6, 6.07) is 6.84. The molecule has 0 amide bonds. The highest BCUT2D eigenvalue weighted by Crippen LogP contribution is 2.26. The van der Waals surface area contributed by atoms with Gasteiger partial charge in [0.2, 0.25) is 5.95 Å². The Labute approximate surface area is 153 Å². The van der Waals surface area contributed by atoms with Crippen LogP contribution in [0.1, 0.15) is 30.1 Å². The zero-order chi connectivity index (χ0) is 18.4. The largest absolute Gasteiger partial charge is 0.493 e. The average Bonchev–Trinajstić information content (AvgIpc) is 3.16. The fourth-order valence-corrected chi connectivity index (χ4v) is 3.07. The molecule has 2 heterocycles. The van der Waals surface area contributed by atoms with Crippen molar-refractivity contribution in [2.24, 2.45) is 0 Å². The normalized spacial score (nSPS) is 14.3. The number of carboxylic acid groups (broad SMARTS) is 1. The van der Waals surface area contributed by atoms with Crippen molar-refractivity contribution in [2.45, 2.75) is 19.8 Å². The Morgan fingerprint density at radius 2 is 2.12 bits per heavy atom. The van der Waals surface area contributed by atoms with Gasteiger partial charge in [-0.1, -0.05) is 0 Å². The number of nitrogens with zero attached hydrogens (tertiary/aromatic N) is 3. The molecule has 7 heteroatoms. The predicted molar refractivity (Wildman–Crippen MR) is 99.8 cm³/mol. The number of carboxylic acids is 1. The van der Waals surface area contributed by atoms with E-state index in [1.165, 1.54) is 12.8 Å². The molecule has 138 valence electrons. The molecule has 0 radical (unpaired) electrons. The van der Waals surface area contributed by atoms with Gasteiger partial charge in [0.15, 0.2) is 0 Å². The van der Waals surface area contributed by atoms with Crippen LogP contribution in [0.5, 0.6) is 5.75 Å². The summed E-state index contributed by atoms with van der Waals surface area (Å²) >= 11 is 0. The van der Waals surface area contributed by atoms with Crippen LogP contribution < -0.4 is 10.1 Å². The van der Waals surface area contributed by atoms with E-state index < -0.39 is 5.97 Å². The predicted octanol–water partition coefficient (Wildman–Crippen LogP) is 2.75. The SMILES string of the molecule is CCOc1ccc(-c2ccnc(NCCN3CCCC3)n2)cc1C(=O)O. The number of rotatable bonds is 8. The van der Waals surface area contributed by atoms with Gasteiger partial charge in [-0.3, -0.25) is 0 Å². The van der Waals surface area contributed by atoms with E-state index in [1.54, 1.807) is 24.4 Å². The first-order valence-corrected chi connectivity index (χ1v) is 8.97. The first kappa shape index (κ1) is 18.1. The van der Waals surface area contributed by atoms with Gasteiger partial charge >= 0.3 is 5.97 Å². The fourth-order valence-electron chi connectivity index (χ4n) is 3.07. The number of hydrogen-bond acceptors (Lipinski definition) is 6. The Kier molecular flexibility index (Phi) is 6.01. The molecular formula is C19H24N4O3. The second kappa shape index (κ2) is 8.62. The lowest BCUT2D eigenvalue weighted by molar-refractivity contribution is 0.0692. The van der Waals surface area contributed by atoms with Crippen LogP contribution in [0.15, 0.2) is 30.5 Å². The van der Waals surface area contributed by atoms with Crippen molar-refractivity contribution in [3.63, 3.8) is 0 Å². The van der Waals surface area contributed by atoms with E-state index in [0.717, 1.165) is 31.7 Å². The van der Waals surface area contributed by atoms with E-state index in [4.69, 9.17) is 4.74 Å². The summed E-state index contributed by atoms with van der Waals surface area (Å²) < 4.78 is 5.38. The lowest BCUT2D eigenvalue weighted by atomic mass is 10.1. The molecule has 1 aromatic heterocycles. The second-order valence-electron chi connectivity index (χ2n) is 6.19. The van der Waals surface area contributed by atoms with Crippen LogP contribution in [0.4, 0.5) is 5.95 Å². The van der Waals surface area contributed by atoms with E-state index in [9.17, 15) is 9.90 Å². The molecule has 0 aliphatic carbocycles. The van der Waals surface area contributed by atoms with Gasteiger partial charge in [-0.05, 0) is 57.1 Å². The van der Waals surface area contributed by atoms with Crippen molar-refractivity contribution in [3.8, 4) is 17.0 Å². The molecule has 26 heavy (non-hydrogen) atoms. The number of ether oxygens (including phenoxy) is 1. The summed E-state index contributed by atoms with van der Waals surface area (Å²) in [6.45, 7) is 6.31. The Morgan fingerprint density at radius 1 is 1.31 bits per heavy atom. The van der Waals surface area contributed by atoms with E-state index in [-0.39, 0.29) is 5.56 Å². The number of likely N-dealkylation sites (tertiary alicyclic amines) is 1. The molecule has 0 spiro atoms. The molecular weight excluding hydrogens is 332 g/mol. The first-order chi connectivity index (χ1) is 12.7. The Balaban J connectivity index is 1.72. The highest BCUT2D eigenvalue weighted by Gasteiger charge is 2.14. The number of benzene rings is 1. The van der Waals surface area contributed by atoms with Crippen LogP contribution in [0.3, 0.4) is 0 Å². The maximum absolute atomic E-state index is 11.5. The molecule has 1 aromatic carbocycles. The van der Waals surface area contributed by atoms with Gasteiger partial charge in [-0.2, -0.15) is 0 Å². The maximum atomic E-state index is 11.5. The molecule has 0 unspecified atom stereocenters. The first-order valence-electron chi connectivity index (χ1n) is 8.97. The smallest absolute Gasteiger partial charge is 0.339 e. The van der Waals surface area contributed by atoms with E-state index in [2.05, 4.69) is 20.2 Å². The highest BCUT2D eigenvalue weighted by atomic mass is 16.5. The molecule has 1 fully saturated rings. The van der Waals surface area contributed by atoms with Crippen LogP contribution >= 0.6 is 0 Å². The average molecular weight is 356 g/mol. The molecule has 1 saturated heterocycles. The molecule has 2 N–H and O–H groups in total. The molecule has 1 aliphatic rings. The Hall–Kier alpha value is -2.67. The summed E-state index contributed by atoms with van der Waals surface area (Å²) in [4.78, 5) is 22.7. The summed E-state index contributed by atoms with van der Waals surface area (Å²) in [7, 11) is 0. The quantitative estimate of drug-likeness (QED) is 0.752. The lowest BCUT2D eigenvalue weighted by Crippen LogP contribution is -2.26. The summed E-state index contributed by atoms with van der Waals surface area (Å²) in [5.41, 5.74) is 1.52. The van der Waals surface area contributed by atoms with Crippen molar-refractivity contribution in [2.75, 3.05) is 38.1 Å². The number of nitrogens with one attached hydrogen (secondary N) is 1. The van der Waals surface area contributed by atoms with Crippen molar-refractivity contribution in [1.82, 2.24) is 14.9 Å². The summed E-state index contributed by atoms with van der Waals surface area (Å²) in [5.74, 6) is -0.109. The topological polar surface area (TPSA) is 87.6 Å². The standard InChI is InChI=1S/C19H24N4O3/c1-2-26-17-6-5-14(13-15(17)18(24)25)16-7-8-20-19(22-16)21-9-12-23-10-3-4-11-23/h5-8,13H,2-4,9-12H2,1H3,(H,24,25)(H,20,21,22). The van der Waals surface area contributed by atoms with E-state index in [0.29, 0.717) is 24.0 Å². The van der Waals surface area contributed by atoms with Gasteiger partial charge in [0.25, 0.3) is 0 Å². The van der Waals surface area contributed by atoms with Gasteiger partial charge in [-0.25, -0.2) is 14.8 Å². The highest BCUT2D eigenvalue weighted by molar-refractivity contribution is 5.92. The zero-order valence-corrected chi connectivity index (χ0v) is 14.9. The summed E-state index contributed by atoms with van der Waals surface area (Å²) in [6.07, 6.45) is 4.22. The van der Waals surface area contributed by atoms with Crippen LogP contribution in [0.25, 0.3) is 11.3 Å². The van der Waals surface area contributed by atoms with Gasteiger partial charge in [0.1, 0.15) is 11.3 Å². The molecule has 1 aliphatic heterocycles. The molecule has 3 rings (SSSR count). The van der Waals surface area contributed by atoms with Crippen molar-refractivity contribution < 1.29 is 14.6 Å². The van der Waals surface area contributed by atoms with Crippen LogP contribution in [0.2, 0.25) is 0 Å². The van der Waals surface area contributed by atoms with Gasteiger partial charge < -0.3 is 20.1 Å². The van der Waals surface area contributed by atoms with E-state index in [1.807, 2.05) is 13.0 Å². The Bertz CT molecular complexity index is 760. The second-order valence-corrected chi connectivity index (χ2v) is 6.19. The van der Waals surface area contributed by atoms with Crippen LogP contribution in [0, 0.1) is 0 Å². The molecule has 0 atom stereocenters. The molecule has 7 nitrogen and oxygen atoms in total. The van der Waals surface area contributed by atoms with Gasteiger partial charge in [-0.15, -0.1) is 0 Å². The van der Waals surface area contributed by atoms with Crippen LogP contribution in [-0.2, 0) is 0 Å². The molecule has 0 bridgehead atoms. The zero-order valence-electron chi connectivity index (χ0n) is 14.9. The third-order valence-electron chi connectivity index (χ3n) is 4.37. The molecule has 0 saturated carbocycles. The third-order valence-corrected chi connectivity index (χ3v) is 4.37. The summed E-state index contributed by atoms with van der Waals surface area (Å²) in [5, 5.41) is 12.7. The van der Waals surface area contributed by atoms with E-state index >= 15 is 0 Å². The minimum atomic E-state index is -1.02. The van der Waals surface area contributed by atoms with Crippen LogP contribution in [-0.4, -0.2) is 58.7 Å². The van der Waals surface area contributed by atoms with Gasteiger partial charge in [0.05, 0.1) is 12.3 Å². The monoisotopic (exact) mass is 356 g/mol. The van der Waals surface area contributed by atoms with Gasteiger partial charge in [0, 0.05) is 24.8 Å². The van der Waals surface area contributed by atoms with Crippen molar-refractivity contribution >= 4 is 11.9 Å². The lowest BCUT2D eigenvalue weighted by Gasteiger charge is -2.15. The van der Waals surface area contributed by atoms with Crippen molar-refractivity contribution in [3.05, 3.63) is 36.0 Å². The Morgan fingerprint density at radius 3 is 2.85 bits per heavy atom. The minimum Gasteiger partial charge on any atom is -0.493 e. The number of aromatic carboxylic acids is 1. The number of aromatic nitrogens is 2. The van der Waals surface area contributed by atoms with Crippen molar-refractivity contribution in [1.29, 1.82) is 0 Å².